The third kappa shape index (κ3) is 7.01. The van der Waals surface area contributed by atoms with Crippen LogP contribution in [0.2, 0.25) is 0 Å². The van der Waals surface area contributed by atoms with Crippen molar-refractivity contribution in [3.05, 3.63) is 63.2 Å². The maximum atomic E-state index is 14.3. The second kappa shape index (κ2) is 12.0. The Labute approximate surface area is 254 Å². The molecule has 0 N–H and O–H groups in total. The summed E-state index contributed by atoms with van der Waals surface area (Å²) in [5.41, 5.74) is -3.12. The first-order valence-electron chi connectivity index (χ1n) is 14.7. The van der Waals surface area contributed by atoms with Gasteiger partial charge in [0.15, 0.2) is 0 Å². The standard InChI is InChI=1S/C30H33F9N6/c1-17-11-23-24(9-6-10-44(15-19-7-4-5-8-19)26(23)18(2)25(17)30(37,38)39)45(27-40-42-43(3)41-27)16-20-12-21(28(31,32)33)14-22(13-20)29(34,35)36/h11-14,19,24H,4-10,15-16H2,1-3H3/t24-/m0/s1. The first-order valence-corrected chi connectivity index (χ1v) is 14.7. The van der Waals surface area contributed by atoms with Gasteiger partial charge in [0, 0.05) is 25.3 Å². The molecule has 1 saturated carbocycles. The highest BCUT2D eigenvalue weighted by Crippen LogP contribution is 2.47. The largest absolute Gasteiger partial charge is 0.416 e. The van der Waals surface area contributed by atoms with Gasteiger partial charge < -0.3 is 9.80 Å². The fraction of sp³-hybridized carbons (Fsp3) is 0.567. The van der Waals surface area contributed by atoms with Gasteiger partial charge in [0.25, 0.3) is 5.95 Å². The number of hydrogen-bond donors (Lipinski definition) is 0. The van der Waals surface area contributed by atoms with E-state index in [9.17, 15) is 39.5 Å². The van der Waals surface area contributed by atoms with Crippen LogP contribution in [0.3, 0.4) is 0 Å². The SMILES string of the molecule is Cc1cc2c(c(C)c1C(F)(F)F)N(CC1CCCC1)CCC[C@@H]2N(Cc1cc(C(F)(F)F)cc(C(F)(F)F)c1)c1nnn(C)n1. The Balaban J connectivity index is 1.68. The van der Waals surface area contributed by atoms with Crippen molar-refractivity contribution < 1.29 is 39.5 Å². The van der Waals surface area contributed by atoms with Crippen LogP contribution in [0.4, 0.5) is 51.1 Å². The molecule has 1 atom stereocenters. The summed E-state index contributed by atoms with van der Waals surface area (Å²) in [7, 11) is 1.45. The Morgan fingerprint density at radius 2 is 1.44 bits per heavy atom. The summed E-state index contributed by atoms with van der Waals surface area (Å²) in [6.07, 6.45) is -9.91. The second-order valence-electron chi connectivity index (χ2n) is 12.0. The number of benzene rings is 2. The average molecular weight is 649 g/mol. The van der Waals surface area contributed by atoms with Gasteiger partial charge in [-0.3, -0.25) is 0 Å². The molecule has 1 aliphatic carbocycles. The molecule has 45 heavy (non-hydrogen) atoms. The van der Waals surface area contributed by atoms with E-state index in [-0.39, 0.29) is 28.7 Å². The highest BCUT2D eigenvalue weighted by molar-refractivity contribution is 5.67. The molecule has 246 valence electrons. The van der Waals surface area contributed by atoms with Crippen molar-refractivity contribution in [2.24, 2.45) is 13.0 Å². The quantitative estimate of drug-likeness (QED) is 0.251. The van der Waals surface area contributed by atoms with Gasteiger partial charge in [-0.1, -0.05) is 24.0 Å². The fourth-order valence-corrected chi connectivity index (χ4v) is 6.88. The summed E-state index contributed by atoms with van der Waals surface area (Å²) in [5, 5.41) is 12.1. The molecule has 1 fully saturated rings. The van der Waals surface area contributed by atoms with Gasteiger partial charge in [0.2, 0.25) is 0 Å². The van der Waals surface area contributed by atoms with Crippen molar-refractivity contribution in [1.82, 2.24) is 20.2 Å². The highest BCUT2D eigenvalue weighted by atomic mass is 19.4. The van der Waals surface area contributed by atoms with Crippen LogP contribution < -0.4 is 9.80 Å². The van der Waals surface area contributed by atoms with E-state index in [2.05, 4.69) is 15.4 Å². The minimum absolute atomic E-state index is 0.0306. The molecule has 6 nitrogen and oxygen atoms in total. The molecule has 0 spiro atoms. The Kier molecular flexibility index (Phi) is 8.77. The lowest BCUT2D eigenvalue weighted by atomic mass is 9.90. The van der Waals surface area contributed by atoms with Crippen molar-refractivity contribution >= 4 is 11.6 Å². The van der Waals surface area contributed by atoms with Gasteiger partial charge >= 0.3 is 18.5 Å². The first-order chi connectivity index (χ1) is 20.9. The Bertz CT molecular complexity index is 1490. The van der Waals surface area contributed by atoms with Crippen LogP contribution in [0.25, 0.3) is 0 Å². The van der Waals surface area contributed by atoms with Crippen LogP contribution in [0.5, 0.6) is 0 Å². The zero-order valence-corrected chi connectivity index (χ0v) is 24.9. The van der Waals surface area contributed by atoms with E-state index in [1.54, 1.807) is 0 Å². The van der Waals surface area contributed by atoms with Crippen molar-refractivity contribution in [2.45, 2.75) is 83.5 Å². The number of nitrogens with zero attached hydrogens (tertiary/aromatic N) is 6. The van der Waals surface area contributed by atoms with Gasteiger partial charge in [0.05, 0.1) is 29.8 Å². The summed E-state index contributed by atoms with van der Waals surface area (Å²) in [5.74, 6) is 0.229. The lowest BCUT2D eigenvalue weighted by Crippen LogP contribution is -2.32. The number of anilines is 2. The van der Waals surface area contributed by atoms with Gasteiger partial charge in [0.1, 0.15) is 0 Å². The highest BCUT2D eigenvalue weighted by Gasteiger charge is 2.41. The molecular formula is C30H33F9N6. The van der Waals surface area contributed by atoms with Gasteiger partial charge in [-0.2, -0.15) is 44.3 Å². The molecule has 2 aromatic carbocycles. The smallest absolute Gasteiger partial charge is 0.371 e. The lowest BCUT2D eigenvalue weighted by molar-refractivity contribution is -0.143. The predicted molar refractivity (Wildman–Crippen MR) is 148 cm³/mol. The zero-order chi connectivity index (χ0) is 32.9. The molecule has 0 amide bonds. The summed E-state index contributed by atoms with van der Waals surface area (Å²) < 4.78 is 125. The summed E-state index contributed by atoms with van der Waals surface area (Å²) in [4.78, 5) is 4.53. The van der Waals surface area contributed by atoms with Crippen molar-refractivity contribution in [2.75, 3.05) is 22.9 Å². The Morgan fingerprint density at radius 1 is 0.822 bits per heavy atom. The maximum absolute atomic E-state index is 14.3. The first kappa shape index (κ1) is 32.9. The molecule has 15 heteroatoms. The van der Waals surface area contributed by atoms with Crippen molar-refractivity contribution in [3.63, 3.8) is 0 Å². The van der Waals surface area contributed by atoms with E-state index in [0.717, 1.165) is 30.5 Å². The summed E-state index contributed by atoms with van der Waals surface area (Å²) >= 11 is 0. The van der Waals surface area contributed by atoms with Gasteiger partial charge in [-0.15, -0.1) is 5.10 Å². The molecule has 2 heterocycles. The van der Waals surface area contributed by atoms with Crippen LogP contribution in [0, 0.1) is 19.8 Å². The number of aryl methyl sites for hydroxylation is 2. The van der Waals surface area contributed by atoms with Crippen molar-refractivity contribution in [3.8, 4) is 0 Å². The van der Waals surface area contributed by atoms with E-state index in [4.69, 9.17) is 0 Å². The van der Waals surface area contributed by atoms with Crippen LogP contribution in [0.1, 0.15) is 83.5 Å². The van der Waals surface area contributed by atoms with E-state index < -0.39 is 47.8 Å². The number of hydrogen-bond acceptors (Lipinski definition) is 5. The number of halogens is 9. The topological polar surface area (TPSA) is 50.1 Å². The average Bonchev–Trinajstić information content (AvgIpc) is 3.55. The van der Waals surface area contributed by atoms with E-state index in [0.29, 0.717) is 55.2 Å². The molecular weight excluding hydrogens is 615 g/mol. The molecule has 1 aromatic heterocycles. The van der Waals surface area contributed by atoms with Crippen molar-refractivity contribution in [1.29, 1.82) is 0 Å². The van der Waals surface area contributed by atoms with E-state index >= 15 is 0 Å². The number of rotatable bonds is 6. The molecule has 0 bridgehead atoms. The van der Waals surface area contributed by atoms with Crippen LogP contribution >= 0.6 is 0 Å². The summed E-state index contributed by atoms with van der Waals surface area (Å²) in [6.45, 7) is 3.28. The van der Waals surface area contributed by atoms with Gasteiger partial charge in [-0.05, 0) is 91.1 Å². The number of aromatic nitrogens is 4. The molecule has 2 aliphatic rings. The molecule has 1 aliphatic heterocycles. The molecule has 3 aromatic rings. The Hall–Kier alpha value is -3.52. The maximum Gasteiger partial charge on any atom is 0.416 e. The number of tetrazole rings is 1. The number of fused-ring (bicyclic) bond motifs is 1. The predicted octanol–water partition coefficient (Wildman–Crippen LogP) is 8.42. The molecule has 0 saturated heterocycles. The fourth-order valence-electron chi connectivity index (χ4n) is 6.88. The third-order valence-electron chi connectivity index (χ3n) is 8.72. The molecule has 0 radical (unpaired) electrons. The minimum atomic E-state index is -5.05. The van der Waals surface area contributed by atoms with E-state index in [1.165, 1.54) is 31.9 Å². The van der Waals surface area contributed by atoms with Gasteiger partial charge in [-0.25, -0.2) is 0 Å². The molecule has 0 unspecified atom stereocenters. The number of alkyl halides is 9. The second-order valence-corrected chi connectivity index (χ2v) is 12.0. The van der Waals surface area contributed by atoms with Crippen LogP contribution in [-0.2, 0) is 32.1 Å². The lowest BCUT2D eigenvalue weighted by Gasteiger charge is -2.35. The van der Waals surface area contributed by atoms with Crippen LogP contribution in [-0.4, -0.2) is 33.3 Å². The monoisotopic (exact) mass is 648 g/mol. The third-order valence-corrected chi connectivity index (χ3v) is 8.72. The zero-order valence-electron chi connectivity index (χ0n) is 24.9. The summed E-state index contributed by atoms with van der Waals surface area (Å²) in [6, 6.07) is 2.01. The van der Waals surface area contributed by atoms with E-state index in [1.807, 2.05) is 4.90 Å². The minimum Gasteiger partial charge on any atom is -0.371 e. The van der Waals surface area contributed by atoms with Crippen LogP contribution in [0.15, 0.2) is 24.3 Å². The molecule has 5 rings (SSSR count). The Morgan fingerprint density at radius 3 is 1.98 bits per heavy atom. The normalized spacial score (nSPS) is 18.3.